The molecule has 1 fully saturated rings. The van der Waals surface area contributed by atoms with Crippen LogP contribution in [0.15, 0.2) is 48.5 Å². The molecule has 2 atom stereocenters. The first kappa shape index (κ1) is 20.5. The topological polar surface area (TPSA) is 59.8 Å². The zero-order valence-corrected chi connectivity index (χ0v) is 17.0. The van der Waals surface area contributed by atoms with Gasteiger partial charge in [-0.3, -0.25) is 9.59 Å². The molecule has 1 aliphatic heterocycles. The number of carbonyl (C=O) groups excluding carboxylic acids is 2. The minimum Gasteiger partial charge on any atom is -0.364 e. The second kappa shape index (κ2) is 9.32. The lowest BCUT2D eigenvalue weighted by molar-refractivity contribution is -0.914. The molecule has 28 heavy (non-hydrogen) atoms. The van der Waals surface area contributed by atoms with E-state index in [-0.39, 0.29) is 23.9 Å². The van der Waals surface area contributed by atoms with Crippen molar-refractivity contribution in [3.63, 3.8) is 0 Å². The molecule has 0 aromatic heterocycles. The minimum atomic E-state index is -0.167. The molecule has 6 heteroatoms. The molecule has 148 valence electrons. The molecule has 5 nitrogen and oxygen atoms in total. The van der Waals surface area contributed by atoms with Crippen molar-refractivity contribution >= 4 is 29.0 Å². The number of amides is 1. The van der Waals surface area contributed by atoms with Crippen molar-refractivity contribution in [1.29, 1.82) is 0 Å². The van der Waals surface area contributed by atoms with Gasteiger partial charge in [-0.05, 0) is 32.0 Å². The number of rotatable bonds is 6. The molecule has 0 aliphatic carbocycles. The van der Waals surface area contributed by atoms with Crippen molar-refractivity contribution in [1.82, 2.24) is 0 Å². The molecule has 0 unspecified atom stereocenters. The van der Waals surface area contributed by atoms with Gasteiger partial charge < -0.3 is 15.0 Å². The monoisotopic (exact) mass is 401 g/mol. The van der Waals surface area contributed by atoms with E-state index in [0.29, 0.717) is 28.3 Å². The van der Waals surface area contributed by atoms with Crippen molar-refractivity contribution in [2.45, 2.75) is 32.5 Å². The summed E-state index contributed by atoms with van der Waals surface area (Å²) in [6.07, 6.45) is 0.789. The van der Waals surface area contributed by atoms with Crippen molar-refractivity contribution in [2.75, 3.05) is 25.0 Å². The molecular formula is C22H26ClN2O3+. The Kier molecular flexibility index (Phi) is 6.83. The molecule has 0 saturated carbocycles. The zero-order valence-electron chi connectivity index (χ0n) is 16.2. The number of ketones is 1. The number of benzene rings is 2. The highest BCUT2D eigenvalue weighted by Gasteiger charge is 2.26. The maximum Gasteiger partial charge on any atom is 0.230 e. The highest BCUT2D eigenvalue weighted by Crippen LogP contribution is 2.24. The van der Waals surface area contributed by atoms with Gasteiger partial charge in [0, 0.05) is 16.1 Å². The Labute approximate surface area is 170 Å². The lowest BCUT2D eigenvalue weighted by Crippen LogP contribution is -3.15. The number of quaternary nitrogens is 1. The van der Waals surface area contributed by atoms with Gasteiger partial charge in [0.05, 0.1) is 18.7 Å². The van der Waals surface area contributed by atoms with Gasteiger partial charge in [0.2, 0.25) is 5.91 Å². The third kappa shape index (κ3) is 5.41. The average molecular weight is 402 g/mol. The number of morpholine rings is 1. The summed E-state index contributed by atoms with van der Waals surface area (Å²) >= 11 is 6.09. The number of anilines is 1. The molecule has 2 N–H and O–H groups in total. The molecular weight excluding hydrogens is 376 g/mol. The van der Waals surface area contributed by atoms with Gasteiger partial charge in [-0.2, -0.15) is 0 Å². The zero-order chi connectivity index (χ0) is 20.1. The fraction of sp³-hybridized carbons (Fsp3) is 0.364. The standard InChI is InChI=1S/C22H25ClN2O3/c1-15-13-25(14-16(2)28-15)11-10-21(26)24-20-9-8-18(23)12-19(20)22(27)17-6-4-3-5-7-17/h3-9,12,15-16H,10-11,13-14H2,1-2H3,(H,24,26)/p+1/t15-,16-/m1/s1. The summed E-state index contributed by atoms with van der Waals surface area (Å²) in [5, 5.41) is 3.34. The lowest BCUT2D eigenvalue weighted by Gasteiger charge is -2.32. The van der Waals surface area contributed by atoms with Crippen LogP contribution >= 0.6 is 11.6 Å². The summed E-state index contributed by atoms with van der Waals surface area (Å²) in [6.45, 7) is 6.65. The maximum absolute atomic E-state index is 12.9. The van der Waals surface area contributed by atoms with Gasteiger partial charge in [0.25, 0.3) is 0 Å². The number of nitrogens with one attached hydrogen (secondary N) is 2. The number of halogens is 1. The van der Waals surface area contributed by atoms with E-state index >= 15 is 0 Å². The summed E-state index contributed by atoms with van der Waals surface area (Å²) < 4.78 is 5.74. The van der Waals surface area contributed by atoms with Crippen molar-refractivity contribution < 1.29 is 19.2 Å². The maximum atomic E-state index is 12.9. The fourth-order valence-electron chi connectivity index (χ4n) is 3.65. The van der Waals surface area contributed by atoms with Crippen LogP contribution in [-0.4, -0.2) is 43.5 Å². The molecule has 1 amide bonds. The smallest absolute Gasteiger partial charge is 0.230 e. The summed E-state index contributed by atoms with van der Waals surface area (Å²) in [5.74, 6) is -0.274. The van der Waals surface area contributed by atoms with Crippen molar-refractivity contribution in [2.24, 2.45) is 0 Å². The Hall–Kier alpha value is -2.21. The van der Waals surface area contributed by atoms with Crippen molar-refractivity contribution in [3.05, 3.63) is 64.7 Å². The van der Waals surface area contributed by atoms with Crippen LogP contribution in [-0.2, 0) is 9.53 Å². The lowest BCUT2D eigenvalue weighted by atomic mass is 10.0. The molecule has 0 radical (unpaired) electrons. The van der Waals surface area contributed by atoms with Crippen LogP contribution < -0.4 is 10.2 Å². The molecule has 2 aromatic rings. The highest BCUT2D eigenvalue weighted by molar-refractivity contribution is 6.31. The van der Waals surface area contributed by atoms with Gasteiger partial charge in [-0.25, -0.2) is 0 Å². The second-order valence-corrected chi connectivity index (χ2v) is 7.79. The third-order valence-electron chi connectivity index (χ3n) is 4.86. The van der Waals surface area contributed by atoms with Gasteiger partial charge in [-0.1, -0.05) is 41.9 Å². The number of ether oxygens (including phenoxy) is 1. The Morgan fingerprint density at radius 1 is 1.11 bits per heavy atom. The van der Waals surface area contributed by atoms with Crippen LogP contribution in [0, 0.1) is 0 Å². The summed E-state index contributed by atoms with van der Waals surface area (Å²) in [7, 11) is 0. The first-order valence-corrected chi connectivity index (χ1v) is 9.98. The molecule has 0 spiro atoms. The van der Waals surface area contributed by atoms with E-state index in [9.17, 15) is 9.59 Å². The van der Waals surface area contributed by atoms with E-state index in [1.54, 1.807) is 30.3 Å². The molecule has 3 rings (SSSR count). The van der Waals surface area contributed by atoms with E-state index in [2.05, 4.69) is 19.2 Å². The van der Waals surface area contributed by atoms with E-state index < -0.39 is 0 Å². The van der Waals surface area contributed by atoms with Crippen LogP contribution in [0.3, 0.4) is 0 Å². The first-order valence-electron chi connectivity index (χ1n) is 9.60. The van der Waals surface area contributed by atoms with E-state index in [1.165, 1.54) is 4.90 Å². The van der Waals surface area contributed by atoms with Crippen LogP contribution in [0.25, 0.3) is 0 Å². The normalized spacial score (nSPS) is 21.9. The van der Waals surface area contributed by atoms with E-state index in [4.69, 9.17) is 16.3 Å². The predicted octanol–water partition coefficient (Wildman–Crippen LogP) is 2.59. The van der Waals surface area contributed by atoms with Gasteiger partial charge in [-0.15, -0.1) is 0 Å². The Morgan fingerprint density at radius 2 is 1.79 bits per heavy atom. The predicted molar refractivity (Wildman–Crippen MR) is 110 cm³/mol. The average Bonchev–Trinajstić information content (AvgIpc) is 2.67. The summed E-state index contributed by atoms with van der Waals surface area (Å²) in [6, 6.07) is 13.9. The largest absolute Gasteiger partial charge is 0.364 e. The second-order valence-electron chi connectivity index (χ2n) is 7.35. The number of hydrogen-bond donors (Lipinski definition) is 2. The summed E-state index contributed by atoms with van der Waals surface area (Å²) in [5.41, 5.74) is 1.44. The molecule has 1 saturated heterocycles. The minimum absolute atomic E-state index is 0.108. The van der Waals surface area contributed by atoms with Crippen LogP contribution in [0.2, 0.25) is 5.02 Å². The quantitative estimate of drug-likeness (QED) is 0.731. The van der Waals surface area contributed by atoms with Crippen LogP contribution in [0.1, 0.15) is 36.2 Å². The Bertz CT molecular complexity index is 831. The summed E-state index contributed by atoms with van der Waals surface area (Å²) in [4.78, 5) is 26.7. The number of hydrogen-bond acceptors (Lipinski definition) is 3. The van der Waals surface area contributed by atoms with Crippen LogP contribution in [0.5, 0.6) is 0 Å². The van der Waals surface area contributed by atoms with E-state index in [1.807, 2.05) is 18.2 Å². The van der Waals surface area contributed by atoms with Crippen molar-refractivity contribution in [3.8, 4) is 0 Å². The molecule has 0 bridgehead atoms. The molecule has 1 aliphatic rings. The first-order chi connectivity index (χ1) is 13.4. The highest BCUT2D eigenvalue weighted by atomic mass is 35.5. The third-order valence-corrected chi connectivity index (χ3v) is 5.09. The van der Waals surface area contributed by atoms with E-state index in [0.717, 1.165) is 19.6 Å². The van der Waals surface area contributed by atoms with Gasteiger partial charge >= 0.3 is 0 Å². The van der Waals surface area contributed by atoms with Gasteiger partial charge in [0.15, 0.2) is 5.78 Å². The SMILES string of the molecule is C[C@@H]1C[NH+](CCC(=O)Nc2ccc(Cl)cc2C(=O)c2ccccc2)C[C@@H](C)O1. The molecule has 1 heterocycles. The molecule has 2 aromatic carbocycles. The fourth-order valence-corrected chi connectivity index (χ4v) is 3.83. The van der Waals surface area contributed by atoms with Crippen LogP contribution in [0.4, 0.5) is 5.69 Å². The number of carbonyl (C=O) groups is 2. The van der Waals surface area contributed by atoms with Gasteiger partial charge in [0.1, 0.15) is 25.3 Å². The Balaban J connectivity index is 1.67. The Morgan fingerprint density at radius 3 is 2.46 bits per heavy atom.